The Kier molecular flexibility index (Phi) is 5.59. The quantitative estimate of drug-likeness (QED) is 0.835. The molecule has 0 unspecified atom stereocenters. The maximum Gasteiger partial charge on any atom is 0.253 e. The van der Waals surface area contributed by atoms with Crippen molar-refractivity contribution >= 4 is 23.4 Å². The standard InChI is InChI=1S/C15H19ClN2O3/c16-13-7-2-1-6-12(13)15(21)17-10-14(20)18(8-9-19)11-4-3-5-11/h1-2,6-7,11,19H,3-5,8-10H2,(H,17,21). The molecule has 21 heavy (non-hydrogen) atoms. The van der Waals surface area contributed by atoms with Crippen LogP contribution in [0.25, 0.3) is 0 Å². The van der Waals surface area contributed by atoms with Gasteiger partial charge in [-0.3, -0.25) is 9.59 Å². The summed E-state index contributed by atoms with van der Waals surface area (Å²) >= 11 is 5.94. The summed E-state index contributed by atoms with van der Waals surface area (Å²) in [6.45, 7) is 0.159. The van der Waals surface area contributed by atoms with E-state index in [-0.39, 0.29) is 31.0 Å². The minimum Gasteiger partial charge on any atom is -0.395 e. The van der Waals surface area contributed by atoms with Crippen molar-refractivity contribution in [1.29, 1.82) is 0 Å². The monoisotopic (exact) mass is 310 g/mol. The highest BCUT2D eigenvalue weighted by Crippen LogP contribution is 2.24. The number of rotatable bonds is 6. The molecule has 0 bridgehead atoms. The molecule has 1 aromatic rings. The lowest BCUT2D eigenvalue weighted by atomic mass is 9.91. The van der Waals surface area contributed by atoms with Crippen LogP contribution in [0, 0.1) is 0 Å². The molecule has 2 amide bonds. The van der Waals surface area contributed by atoms with Crippen LogP contribution < -0.4 is 5.32 Å². The zero-order valence-corrected chi connectivity index (χ0v) is 12.5. The van der Waals surface area contributed by atoms with Gasteiger partial charge in [0.05, 0.1) is 23.7 Å². The van der Waals surface area contributed by atoms with Crippen molar-refractivity contribution < 1.29 is 14.7 Å². The van der Waals surface area contributed by atoms with Crippen LogP contribution in [0.1, 0.15) is 29.6 Å². The number of nitrogens with one attached hydrogen (secondary N) is 1. The van der Waals surface area contributed by atoms with Gasteiger partial charge in [0.15, 0.2) is 0 Å². The van der Waals surface area contributed by atoms with Gasteiger partial charge in [0.2, 0.25) is 5.91 Å². The number of aliphatic hydroxyl groups is 1. The zero-order valence-electron chi connectivity index (χ0n) is 11.7. The van der Waals surface area contributed by atoms with E-state index in [0.717, 1.165) is 19.3 Å². The van der Waals surface area contributed by atoms with E-state index in [4.69, 9.17) is 16.7 Å². The van der Waals surface area contributed by atoms with Crippen molar-refractivity contribution in [2.45, 2.75) is 25.3 Å². The van der Waals surface area contributed by atoms with Gasteiger partial charge < -0.3 is 15.3 Å². The van der Waals surface area contributed by atoms with E-state index >= 15 is 0 Å². The predicted molar refractivity (Wildman–Crippen MR) is 80.2 cm³/mol. The summed E-state index contributed by atoms with van der Waals surface area (Å²) in [5.74, 6) is -0.541. The number of benzene rings is 1. The third kappa shape index (κ3) is 3.95. The zero-order chi connectivity index (χ0) is 15.2. The predicted octanol–water partition coefficient (Wildman–Crippen LogP) is 1.44. The minimum atomic E-state index is -0.369. The number of carbonyl (C=O) groups excluding carboxylic acids is 2. The Labute approximate surface area is 128 Å². The number of carbonyl (C=O) groups is 2. The lowest BCUT2D eigenvalue weighted by molar-refractivity contribution is -0.134. The molecule has 1 fully saturated rings. The average molecular weight is 311 g/mol. The molecule has 1 aliphatic carbocycles. The van der Waals surface area contributed by atoms with Gasteiger partial charge in [-0.2, -0.15) is 0 Å². The molecule has 2 N–H and O–H groups in total. The Hall–Kier alpha value is -1.59. The minimum absolute atomic E-state index is 0.0688. The second-order valence-corrected chi connectivity index (χ2v) is 5.47. The molecule has 0 spiro atoms. The average Bonchev–Trinajstić information content (AvgIpc) is 2.42. The van der Waals surface area contributed by atoms with E-state index in [9.17, 15) is 9.59 Å². The normalized spacial score (nSPS) is 14.4. The van der Waals surface area contributed by atoms with Gasteiger partial charge >= 0.3 is 0 Å². The van der Waals surface area contributed by atoms with Crippen molar-refractivity contribution in [1.82, 2.24) is 10.2 Å². The molecule has 0 radical (unpaired) electrons. The lowest BCUT2D eigenvalue weighted by Crippen LogP contribution is -2.49. The number of halogens is 1. The first-order chi connectivity index (χ1) is 10.1. The van der Waals surface area contributed by atoms with Crippen LogP contribution in [0.4, 0.5) is 0 Å². The van der Waals surface area contributed by atoms with Crippen LogP contribution in [0.3, 0.4) is 0 Å². The molecule has 0 aliphatic heterocycles. The first-order valence-corrected chi connectivity index (χ1v) is 7.44. The van der Waals surface area contributed by atoms with Crippen molar-refractivity contribution in [3.63, 3.8) is 0 Å². The number of hydrogen-bond acceptors (Lipinski definition) is 3. The number of hydrogen-bond donors (Lipinski definition) is 2. The van der Waals surface area contributed by atoms with Crippen molar-refractivity contribution in [3.8, 4) is 0 Å². The lowest BCUT2D eigenvalue weighted by Gasteiger charge is -2.37. The van der Waals surface area contributed by atoms with Crippen molar-refractivity contribution in [3.05, 3.63) is 34.9 Å². The maximum atomic E-state index is 12.2. The third-order valence-electron chi connectivity index (χ3n) is 3.70. The molecule has 2 rings (SSSR count). The summed E-state index contributed by atoms with van der Waals surface area (Å²) in [5, 5.41) is 12.0. The van der Waals surface area contributed by atoms with E-state index in [1.54, 1.807) is 29.2 Å². The smallest absolute Gasteiger partial charge is 0.253 e. The Morgan fingerprint density at radius 2 is 2.05 bits per heavy atom. The van der Waals surface area contributed by atoms with Gasteiger partial charge in [0, 0.05) is 12.6 Å². The Morgan fingerprint density at radius 1 is 1.33 bits per heavy atom. The van der Waals surface area contributed by atoms with E-state index in [1.165, 1.54) is 0 Å². The van der Waals surface area contributed by atoms with Crippen LogP contribution >= 0.6 is 11.6 Å². The Balaban J connectivity index is 1.90. The third-order valence-corrected chi connectivity index (χ3v) is 4.02. The first kappa shape index (κ1) is 15.8. The molecule has 1 aromatic carbocycles. The second-order valence-electron chi connectivity index (χ2n) is 5.06. The molecule has 6 heteroatoms. The molecular formula is C15H19ClN2O3. The summed E-state index contributed by atoms with van der Waals surface area (Å²) in [6.07, 6.45) is 3.03. The van der Waals surface area contributed by atoms with Gasteiger partial charge in [-0.1, -0.05) is 23.7 Å². The fourth-order valence-electron chi connectivity index (χ4n) is 2.32. The largest absolute Gasteiger partial charge is 0.395 e. The van der Waals surface area contributed by atoms with Crippen molar-refractivity contribution in [2.24, 2.45) is 0 Å². The molecule has 1 aliphatic rings. The highest BCUT2D eigenvalue weighted by Gasteiger charge is 2.28. The maximum absolute atomic E-state index is 12.2. The Morgan fingerprint density at radius 3 is 2.62 bits per heavy atom. The summed E-state index contributed by atoms with van der Waals surface area (Å²) in [5.41, 5.74) is 0.351. The first-order valence-electron chi connectivity index (χ1n) is 7.06. The van der Waals surface area contributed by atoms with Crippen molar-refractivity contribution in [2.75, 3.05) is 19.7 Å². The summed E-state index contributed by atoms with van der Waals surface area (Å²) in [4.78, 5) is 25.8. The summed E-state index contributed by atoms with van der Waals surface area (Å²) < 4.78 is 0. The SMILES string of the molecule is O=C(NCC(=O)N(CCO)C1CCC1)c1ccccc1Cl. The van der Waals surface area contributed by atoms with Crippen LogP contribution in [-0.4, -0.2) is 47.6 Å². The molecule has 0 atom stereocenters. The van der Waals surface area contributed by atoms with Gasteiger partial charge in [-0.25, -0.2) is 0 Å². The van der Waals surface area contributed by atoms with Crippen LogP contribution in [0.5, 0.6) is 0 Å². The van der Waals surface area contributed by atoms with E-state index in [1.807, 2.05) is 0 Å². The van der Waals surface area contributed by atoms with Gasteiger partial charge in [-0.05, 0) is 31.4 Å². The highest BCUT2D eigenvalue weighted by atomic mass is 35.5. The number of nitrogens with zero attached hydrogens (tertiary/aromatic N) is 1. The van der Waals surface area contributed by atoms with Gasteiger partial charge in [-0.15, -0.1) is 0 Å². The van der Waals surface area contributed by atoms with Crippen LogP contribution in [0.15, 0.2) is 24.3 Å². The molecule has 5 nitrogen and oxygen atoms in total. The molecule has 0 heterocycles. The van der Waals surface area contributed by atoms with E-state index in [2.05, 4.69) is 5.32 Å². The fraction of sp³-hybridized carbons (Fsp3) is 0.467. The fourth-order valence-corrected chi connectivity index (χ4v) is 2.54. The molecule has 0 saturated heterocycles. The van der Waals surface area contributed by atoms with Crippen LogP contribution in [-0.2, 0) is 4.79 Å². The molecule has 0 aromatic heterocycles. The summed E-state index contributed by atoms with van der Waals surface area (Å²) in [6, 6.07) is 6.89. The Bertz CT molecular complexity index is 517. The molecular weight excluding hydrogens is 292 g/mol. The second kappa shape index (κ2) is 7.43. The van der Waals surface area contributed by atoms with Crippen LogP contribution in [0.2, 0.25) is 5.02 Å². The van der Waals surface area contributed by atoms with E-state index < -0.39 is 0 Å². The number of aliphatic hydroxyl groups excluding tert-OH is 1. The number of amides is 2. The van der Waals surface area contributed by atoms with Gasteiger partial charge in [0.1, 0.15) is 0 Å². The molecule has 1 saturated carbocycles. The van der Waals surface area contributed by atoms with E-state index in [0.29, 0.717) is 17.1 Å². The highest BCUT2D eigenvalue weighted by molar-refractivity contribution is 6.33. The molecule has 114 valence electrons. The van der Waals surface area contributed by atoms with Gasteiger partial charge in [0.25, 0.3) is 5.91 Å². The summed E-state index contributed by atoms with van der Waals surface area (Å²) in [7, 11) is 0. The topological polar surface area (TPSA) is 69.6 Å².